The van der Waals surface area contributed by atoms with Gasteiger partial charge >= 0.3 is 0 Å². The number of rotatable bonds is 4. The Morgan fingerprint density at radius 2 is 2.35 bits per heavy atom. The monoisotopic (exact) mass is 272 g/mol. The van der Waals surface area contributed by atoms with Crippen LogP contribution in [0.2, 0.25) is 0 Å². The van der Waals surface area contributed by atoms with E-state index in [1.807, 2.05) is 18.3 Å². The van der Waals surface area contributed by atoms with Gasteiger partial charge < -0.3 is 10.2 Å². The topological polar surface area (TPSA) is 58.9 Å². The van der Waals surface area contributed by atoms with E-state index >= 15 is 0 Å². The highest BCUT2D eigenvalue weighted by Gasteiger charge is 2.18. The standard InChI is InChI=1S/C14H20N6/c1-2-19-7-3-5-12(10-19)18-13-9-14(16-11-15-13)20-8-4-6-17-20/h4,6,8-9,11-12H,2-3,5,7,10H2,1H3,(H,15,16,18)/t12-/m1/s1. The summed E-state index contributed by atoms with van der Waals surface area (Å²) in [6.07, 6.45) is 7.64. The summed E-state index contributed by atoms with van der Waals surface area (Å²) in [6, 6.07) is 4.29. The van der Waals surface area contributed by atoms with Crippen LogP contribution in [0.5, 0.6) is 0 Å². The minimum Gasteiger partial charge on any atom is -0.366 e. The third-order valence-corrected chi connectivity index (χ3v) is 3.70. The van der Waals surface area contributed by atoms with Crippen LogP contribution in [0.1, 0.15) is 19.8 Å². The second-order valence-corrected chi connectivity index (χ2v) is 5.09. The Labute approximate surface area is 118 Å². The molecule has 1 atom stereocenters. The Hall–Kier alpha value is -1.95. The first-order valence-corrected chi connectivity index (χ1v) is 7.16. The quantitative estimate of drug-likeness (QED) is 0.915. The number of piperidine rings is 1. The van der Waals surface area contributed by atoms with E-state index in [1.54, 1.807) is 17.2 Å². The predicted octanol–water partition coefficient (Wildman–Crippen LogP) is 1.56. The molecule has 0 aliphatic carbocycles. The predicted molar refractivity (Wildman–Crippen MR) is 77.9 cm³/mol. The van der Waals surface area contributed by atoms with E-state index in [0.717, 1.165) is 24.7 Å². The molecule has 106 valence electrons. The molecule has 2 aromatic rings. The molecule has 0 spiro atoms. The lowest BCUT2D eigenvalue weighted by Gasteiger charge is -2.32. The molecule has 0 amide bonds. The van der Waals surface area contributed by atoms with Crippen molar-refractivity contribution in [1.82, 2.24) is 24.6 Å². The molecule has 3 rings (SSSR count). The number of nitrogens with one attached hydrogen (secondary N) is 1. The maximum Gasteiger partial charge on any atom is 0.158 e. The van der Waals surface area contributed by atoms with Crippen molar-refractivity contribution < 1.29 is 0 Å². The number of likely N-dealkylation sites (N-methyl/N-ethyl adjacent to an activating group) is 1. The minimum atomic E-state index is 0.462. The fourth-order valence-corrected chi connectivity index (χ4v) is 2.63. The van der Waals surface area contributed by atoms with E-state index in [2.05, 4.69) is 32.2 Å². The second-order valence-electron chi connectivity index (χ2n) is 5.09. The van der Waals surface area contributed by atoms with Crippen molar-refractivity contribution in [2.45, 2.75) is 25.8 Å². The van der Waals surface area contributed by atoms with E-state index in [4.69, 9.17) is 0 Å². The average Bonchev–Trinajstić information content (AvgIpc) is 3.02. The minimum absolute atomic E-state index is 0.462. The van der Waals surface area contributed by atoms with Gasteiger partial charge in [0.2, 0.25) is 0 Å². The van der Waals surface area contributed by atoms with Crippen molar-refractivity contribution in [3.63, 3.8) is 0 Å². The number of likely N-dealkylation sites (tertiary alicyclic amines) is 1. The molecule has 3 heterocycles. The molecule has 1 N–H and O–H groups in total. The molecule has 0 saturated carbocycles. The SMILES string of the molecule is CCN1CCC[C@@H](Nc2cc(-n3cccn3)ncn2)C1. The van der Waals surface area contributed by atoms with Gasteiger partial charge in [0.05, 0.1) is 0 Å². The van der Waals surface area contributed by atoms with E-state index in [-0.39, 0.29) is 0 Å². The van der Waals surface area contributed by atoms with E-state index < -0.39 is 0 Å². The molecule has 6 nitrogen and oxygen atoms in total. The molecule has 0 unspecified atom stereocenters. The lowest BCUT2D eigenvalue weighted by molar-refractivity contribution is 0.226. The van der Waals surface area contributed by atoms with Gasteiger partial charge in [-0.15, -0.1) is 0 Å². The van der Waals surface area contributed by atoms with Crippen molar-refractivity contribution >= 4 is 5.82 Å². The molecule has 0 aromatic carbocycles. The van der Waals surface area contributed by atoms with Crippen LogP contribution in [0.15, 0.2) is 30.9 Å². The molecule has 0 radical (unpaired) electrons. The smallest absolute Gasteiger partial charge is 0.158 e. The molecule has 20 heavy (non-hydrogen) atoms. The van der Waals surface area contributed by atoms with Crippen molar-refractivity contribution in [2.75, 3.05) is 25.0 Å². The zero-order valence-electron chi connectivity index (χ0n) is 11.7. The summed E-state index contributed by atoms with van der Waals surface area (Å²) < 4.78 is 1.74. The number of hydrogen-bond donors (Lipinski definition) is 1. The normalized spacial score (nSPS) is 19.9. The van der Waals surface area contributed by atoms with Crippen molar-refractivity contribution in [3.05, 3.63) is 30.9 Å². The highest BCUT2D eigenvalue weighted by molar-refractivity contribution is 5.41. The van der Waals surface area contributed by atoms with E-state index in [0.29, 0.717) is 6.04 Å². The third-order valence-electron chi connectivity index (χ3n) is 3.70. The number of aromatic nitrogens is 4. The Morgan fingerprint density at radius 1 is 1.40 bits per heavy atom. The first kappa shape index (κ1) is 13.1. The molecule has 1 aliphatic rings. The van der Waals surface area contributed by atoms with Crippen LogP contribution in [-0.4, -0.2) is 50.3 Å². The van der Waals surface area contributed by atoms with Crippen LogP contribution in [0.25, 0.3) is 5.82 Å². The number of nitrogens with zero attached hydrogens (tertiary/aromatic N) is 5. The summed E-state index contributed by atoms with van der Waals surface area (Å²) in [6.45, 7) is 5.61. The van der Waals surface area contributed by atoms with Gasteiger partial charge in [-0.25, -0.2) is 14.6 Å². The highest BCUT2D eigenvalue weighted by atomic mass is 15.3. The molecule has 6 heteroatoms. The summed E-state index contributed by atoms with van der Waals surface area (Å²) in [4.78, 5) is 11.0. The van der Waals surface area contributed by atoms with E-state index in [9.17, 15) is 0 Å². The van der Waals surface area contributed by atoms with Gasteiger partial charge in [-0.1, -0.05) is 6.92 Å². The zero-order chi connectivity index (χ0) is 13.8. The largest absolute Gasteiger partial charge is 0.366 e. The summed E-state index contributed by atoms with van der Waals surface area (Å²) >= 11 is 0. The van der Waals surface area contributed by atoms with Crippen LogP contribution >= 0.6 is 0 Å². The Balaban J connectivity index is 1.70. The fourth-order valence-electron chi connectivity index (χ4n) is 2.63. The summed E-state index contributed by atoms with van der Waals surface area (Å²) in [5, 5.41) is 7.70. The molecule has 2 aromatic heterocycles. The average molecular weight is 272 g/mol. The molecule has 1 saturated heterocycles. The maximum absolute atomic E-state index is 4.31. The number of anilines is 1. The summed E-state index contributed by atoms with van der Waals surface area (Å²) in [7, 11) is 0. The Morgan fingerprint density at radius 3 is 3.15 bits per heavy atom. The molecule has 1 fully saturated rings. The molecular weight excluding hydrogens is 252 g/mol. The highest BCUT2D eigenvalue weighted by Crippen LogP contribution is 2.15. The van der Waals surface area contributed by atoms with Crippen molar-refractivity contribution in [3.8, 4) is 5.82 Å². The van der Waals surface area contributed by atoms with Crippen molar-refractivity contribution in [1.29, 1.82) is 0 Å². The molecule has 1 aliphatic heterocycles. The number of hydrogen-bond acceptors (Lipinski definition) is 5. The summed E-state index contributed by atoms with van der Waals surface area (Å²) in [5.74, 6) is 1.66. The van der Waals surface area contributed by atoms with Crippen LogP contribution in [0.3, 0.4) is 0 Å². The first-order chi connectivity index (χ1) is 9.85. The van der Waals surface area contributed by atoms with Crippen LogP contribution in [0, 0.1) is 0 Å². The summed E-state index contributed by atoms with van der Waals surface area (Å²) in [5.41, 5.74) is 0. The molecule has 0 bridgehead atoms. The van der Waals surface area contributed by atoms with Gasteiger partial charge in [-0.05, 0) is 32.0 Å². The lowest BCUT2D eigenvalue weighted by atomic mass is 10.1. The Bertz CT molecular complexity index is 538. The van der Waals surface area contributed by atoms with Crippen LogP contribution in [-0.2, 0) is 0 Å². The van der Waals surface area contributed by atoms with E-state index in [1.165, 1.54) is 19.4 Å². The first-order valence-electron chi connectivity index (χ1n) is 7.16. The van der Waals surface area contributed by atoms with Gasteiger partial charge in [0, 0.05) is 31.0 Å². The van der Waals surface area contributed by atoms with Gasteiger partial charge in [0.1, 0.15) is 12.1 Å². The van der Waals surface area contributed by atoms with Crippen LogP contribution in [0.4, 0.5) is 5.82 Å². The third kappa shape index (κ3) is 2.96. The fraction of sp³-hybridized carbons (Fsp3) is 0.500. The van der Waals surface area contributed by atoms with Crippen LogP contribution < -0.4 is 5.32 Å². The van der Waals surface area contributed by atoms with Gasteiger partial charge in [-0.2, -0.15) is 5.10 Å². The zero-order valence-corrected chi connectivity index (χ0v) is 11.7. The second kappa shape index (κ2) is 6.00. The maximum atomic E-state index is 4.31. The van der Waals surface area contributed by atoms with Gasteiger partial charge in [0.25, 0.3) is 0 Å². The van der Waals surface area contributed by atoms with Gasteiger partial charge in [-0.3, -0.25) is 0 Å². The Kier molecular flexibility index (Phi) is 3.92. The van der Waals surface area contributed by atoms with Crippen molar-refractivity contribution in [2.24, 2.45) is 0 Å². The van der Waals surface area contributed by atoms with Gasteiger partial charge in [0.15, 0.2) is 5.82 Å². The molecular formula is C14H20N6. The lowest BCUT2D eigenvalue weighted by Crippen LogP contribution is -2.42.